The van der Waals surface area contributed by atoms with Crippen LogP contribution in [0.4, 0.5) is 0 Å². The lowest BCUT2D eigenvalue weighted by atomic mass is 9.85. The Morgan fingerprint density at radius 3 is 2.84 bits per heavy atom. The van der Waals surface area contributed by atoms with Crippen LogP contribution in [-0.2, 0) is 0 Å². The summed E-state index contributed by atoms with van der Waals surface area (Å²) >= 11 is 3.55. The normalized spacial score (nSPS) is 21.9. The van der Waals surface area contributed by atoms with Crippen LogP contribution in [0.25, 0.3) is 0 Å². The van der Waals surface area contributed by atoms with Gasteiger partial charge in [0.2, 0.25) is 0 Å². The van der Waals surface area contributed by atoms with Gasteiger partial charge in [0, 0.05) is 17.3 Å². The minimum atomic E-state index is 0.247. The van der Waals surface area contributed by atoms with Crippen molar-refractivity contribution >= 4 is 28.3 Å². The molecule has 19 heavy (non-hydrogen) atoms. The molecule has 2 atom stereocenters. The van der Waals surface area contributed by atoms with Gasteiger partial charge < -0.3 is 5.32 Å². The molecule has 0 saturated carbocycles. The van der Waals surface area contributed by atoms with E-state index in [2.05, 4.69) is 38.0 Å². The maximum atomic E-state index is 4.90. The van der Waals surface area contributed by atoms with Crippen molar-refractivity contribution in [3.63, 3.8) is 0 Å². The highest BCUT2D eigenvalue weighted by Crippen LogP contribution is 2.31. The van der Waals surface area contributed by atoms with Crippen molar-refractivity contribution < 1.29 is 0 Å². The third-order valence-corrected chi connectivity index (χ3v) is 5.18. The molecule has 0 spiro atoms. The van der Waals surface area contributed by atoms with Gasteiger partial charge in [-0.2, -0.15) is 0 Å². The van der Waals surface area contributed by atoms with Gasteiger partial charge in [-0.15, -0.1) is 11.3 Å². The molecule has 3 nitrogen and oxygen atoms in total. The maximum Gasteiger partial charge on any atom is 0.157 e. The van der Waals surface area contributed by atoms with Crippen LogP contribution in [0.2, 0.25) is 0 Å². The molecule has 2 unspecified atom stereocenters. The van der Waals surface area contributed by atoms with Gasteiger partial charge in [-0.3, -0.25) is 4.99 Å². The minimum Gasteiger partial charge on any atom is -0.356 e. The zero-order valence-corrected chi connectivity index (χ0v) is 13.8. The molecule has 0 saturated heterocycles. The van der Waals surface area contributed by atoms with E-state index in [4.69, 9.17) is 4.99 Å². The molecular weight excluding hydrogens is 274 g/mol. The summed E-state index contributed by atoms with van der Waals surface area (Å²) in [4.78, 5) is 9.31. The van der Waals surface area contributed by atoms with Crippen molar-refractivity contribution in [3.8, 4) is 0 Å². The molecule has 0 fully saturated rings. The van der Waals surface area contributed by atoms with Gasteiger partial charge in [0.1, 0.15) is 5.01 Å². The Hall–Kier alpha value is -0.550. The van der Waals surface area contributed by atoms with Crippen molar-refractivity contribution in [1.82, 2.24) is 10.3 Å². The monoisotopic (exact) mass is 297 g/mol. The Labute approximate surface area is 124 Å². The number of hydrogen-bond donors (Lipinski definition) is 1. The molecule has 1 aliphatic rings. The molecule has 1 aromatic heterocycles. The van der Waals surface area contributed by atoms with Gasteiger partial charge in [-0.1, -0.05) is 39.5 Å². The second-order valence-corrected chi connectivity index (χ2v) is 7.94. The molecule has 106 valence electrons. The zero-order chi connectivity index (χ0) is 13.9. The lowest BCUT2D eigenvalue weighted by Gasteiger charge is -2.31. The first-order valence-corrected chi connectivity index (χ1v) is 8.73. The van der Waals surface area contributed by atoms with E-state index in [-0.39, 0.29) is 5.41 Å². The molecule has 0 amide bonds. The van der Waals surface area contributed by atoms with Gasteiger partial charge in [0.25, 0.3) is 0 Å². The lowest BCUT2D eigenvalue weighted by Crippen LogP contribution is -2.34. The highest BCUT2D eigenvalue weighted by molar-refractivity contribution is 8.13. The fraction of sp³-hybridized carbons (Fsp3) is 0.714. The van der Waals surface area contributed by atoms with Gasteiger partial charge in [-0.05, 0) is 18.3 Å². The van der Waals surface area contributed by atoms with Gasteiger partial charge in [0.05, 0.1) is 12.1 Å². The summed E-state index contributed by atoms with van der Waals surface area (Å²) in [7, 11) is 0. The van der Waals surface area contributed by atoms with Crippen LogP contribution in [0.1, 0.15) is 51.6 Å². The number of aromatic nitrogens is 1. The fourth-order valence-electron chi connectivity index (χ4n) is 2.11. The van der Waals surface area contributed by atoms with E-state index in [9.17, 15) is 0 Å². The van der Waals surface area contributed by atoms with E-state index < -0.39 is 0 Å². The van der Waals surface area contributed by atoms with Crippen molar-refractivity contribution in [2.75, 3.05) is 5.75 Å². The molecule has 5 heteroatoms. The Balaban J connectivity index is 2.07. The SMILES string of the molecule is CCC(NC1=NC(C(C)(C)C)CCS1)c1nccs1. The van der Waals surface area contributed by atoms with Crippen molar-refractivity contribution in [2.24, 2.45) is 10.4 Å². The van der Waals surface area contributed by atoms with Crippen LogP contribution in [0, 0.1) is 5.41 Å². The molecule has 0 radical (unpaired) electrons. The summed E-state index contributed by atoms with van der Waals surface area (Å²) in [6.07, 6.45) is 4.08. The number of thiazole rings is 1. The van der Waals surface area contributed by atoms with E-state index in [1.807, 2.05) is 23.3 Å². The third-order valence-electron chi connectivity index (χ3n) is 3.36. The first-order valence-electron chi connectivity index (χ1n) is 6.87. The highest BCUT2D eigenvalue weighted by atomic mass is 32.2. The number of nitrogens with zero attached hydrogens (tertiary/aromatic N) is 2. The predicted octanol–water partition coefficient (Wildman–Crippen LogP) is 4.09. The summed E-state index contributed by atoms with van der Waals surface area (Å²) in [5, 5.41) is 7.85. The predicted molar refractivity (Wildman–Crippen MR) is 86.0 cm³/mol. The van der Waals surface area contributed by atoms with Gasteiger partial charge in [-0.25, -0.2) is 4.98 Å². The van der Waals surface area contributed by atoms with E-state index >= 15 is 0 Å². The maximum absolute atomic E-state index is 4.90. The third kappa shape index (κ3) is 3.96. The average molecular weight is 297 g/mol. The molecule has 0 aliphatic carbocycles. The van der Waals surface area contributed by atoms with E-state index in [0.717, 1.165) is 22.3 Å². The minimum absolute atomic E-state index is 0.247. The quantitative estimate of drug-likeness (QED) is 0.913. The molecule has 2 rings (SSSR count). The fourth-order valence-corrected chi connectivity index (χ4v) is 3.84. The molecule has 0 aromatic carbocycles. The molecule has 0 bridgehead atoms. The first-order chi connectivity index (χ1) is 9.00. The molecule has 1 aromatic rings. The Morgan fingerprint density at radius 1 is 1.47 bits per heavy atom. The molecule has 1 aliphatic heterocycles. The summed E-state index contributed by atoms with van der Waals surface area (Å²) in [5.41, 5.74) is 0.247. The number of hydrogen-bond acceptors (Lipinski definition) is 5. The standard InChI is InChI=1S/C14H23N3S2/c1-5-10(12-15-7-9-18-12)16-13-17-11(6-8-19-13)14(2,3)4/h7,9-11H,5-6,8H2,1-4H3,(H,16,17). The summed E-state index contributed by atoms with van der Waals surface area (Å²) < 4.78 is 0. The number of thioether (sulfide) groups is 1. The van der Waals surface area contributed by atoms with Crippen LogP contribution in [-0.4, -0.2) is 21.9 Å². The van der Waals surface area contributed by atoms with Crippen molar-refractivity contribution in [1.29, 1.82) is 0 Å². The first kappa shape index (κ1) is 14.9. The topological polar surface area (TPSA) is 37.3 Å². The second-order valence-electron chi connectivity index (χ2n) is 5.93. The van der Waals surface area contributed by atoms with E-state index in [0.29, 0.717) is 12.1 Å². The Morgan fingerprint density at radius 2 is 2.26 bits per heavy atom. The van der Waals surface area contributed by atoms with Crippen LogP contribution >= 0.6 is 23.1 Å². The average Bonchev–Trinajstić information content (AvgIpc) is 2.89. The largest absolute Gasteiger partial charge is 0.356 e. The summed E-state index contributed by atoms with van der Waals surface area (Å²) in [5.74, 6) is 1.15. The van der Waals surface area contributed by atoms with Crippen LogP contribution < -0.4 is 5.32 Å². The highest BCUT2D eigenvalue weighted by Gasteiger charge is 2.28. The van der Waals surface area contributed by atoms with Crippen molar-refractivity contribution in [2.45, 2.75) is 52.6 Å². The summed E-state index contributed by atoms with van der Waals surface area (Å²) in [6, 6.07) is 0.718. The lowest BCUT2D eigenvalue weighted by molar-refractivity contribution is 0.315. The van der Waals surface area contributed by atoms with E-state index in [1.165, 1.54) is 6.42 Å². The number of amidine groups is 1. The summed E-state index contributed by atoms with van der Waals surface area (Å²) in [6.45, 7) is 9.00. The van der Waals surface area contributed by atoms with Crippen LogP contribution in [0.5, 0.6) is 0 Å². The van der Waals surface area contributed by atoms with E-state index in [1.54, 1.807) is 11.3 Å². The number of nitrogens with one attached hydrogen (secondary N) is 1. The molecule has 2 heterocycles. The van der Waals surface area contributed by atoms with Crippen LogP contribution in [0.15, 0.2) is 16.6 Å². The zero-order valence-electron chi connectivity index (χ0n) is 12.1. The smallest absolute Gasteiger partial charge is 0.157 e. The molecule has 1 N–H and O–H groups in total. The number of aliphatic imine (C=N–C) groups is 1. The second kappa shape index (κ2) is 6.27. The van der Waals surface area contributed by atoms with Crippen molar-refractivity contribution in [3.05, 3.63) is 16.6 Å². The Kier molecular flexibility index (Phi) is 4.90. The van der Waals surface area contributed by atoms with Gasteiger partial charge in [0.15, 0.2) is 5.17 Å². The molecular formula is C14H23N3S2. The van der Waals surface area contributed by atoms with Gasteiger partial charge >= 0.3 is 0 Å². The van der Waals surface area contributed by atoms with Crippen LogP contribution in [0.3, 0.4) is 0 Å². The Bertz CT molecular complexity index is 420. The number of rotatable bonds is 3.